The zero-order valence-electron chi connectivity index (χ0n) is 12.2. The van der Waals surface area contributed by atoms with Crippen LogP contribution in [0.25, 0.3) is 0 Å². The molecule has 2 rings (SSSR count). The smallest absolute Gasteiger partial charge is 0.258 e. The molecule has 0 heterocycles. The highest BCUT2D eigenvalue weighted by Crippen LogP contribution is 2.20. The van der Waals surface area contributed by atoms with Crippen molar-refractivity contribution in [2.24, 2.45) is 3.77 Å². The Morgan fingerprint density at radius 3 is 1.71 bits per heavy atom. The predicted octanol–water partition coefficient (Wildman–Crippen LogP) is 2.68. The molecule has 11 heteroatoms. The summed E-state index contributed by atoms with van der Waals surface area (Å²) in [6.45, 7) is 0. The van der Waals surface area contributed by atoms with Gasteiger partial charge in [-0.3, -0.25) is 20.2 Å². The average Bonchev–Trinajstić information content (AvgIpc) is 2.54. The molecule has 0 aliphatic rings. The molecule has 2 aromatic rings. The lowest BCUT2D eigenvalue weighted by Crippen LogP contribution is -2.00. The maximum Gasteiger partial charge on any atom is 0.288 e. The molecule has 9 nitrogen and oxygen atoms in total. The van der Waals surface area contributed by atoms with Crippen LogP contribution in [0.4, 0.5) is 11.4 Å². The first-order valence-corrected chi connectivity index (χ1v) is 9.37. The van der Waals surface area contributed by atoms with Gasteiger partial charge in [0.2, 0.25) is 0 Å². The molecule has 0 N–H and O–H groups in total. The predicted molar refractivity (Wildman–Crippen MR) is 87.4 cm³/mol. The minimum Gasteiger partial charge on any atom is -0.258 e. The van der Waals surface area contributed by atoms with Crippen LogP contribution in [-0.2, 0) is 20.7 Å². The Morgan fingerprint density at radius 2 is 1.29 bits per heavy atom. The average molecular weight is 369 g/mol. The van der Waals surface area contributed by atoms with Gasteiger partial charge in [-0.2, -0.15) is 8.42 Å². The number of benzene rings is 2. The Balaban J connectivity index is 2.33. The van der Waals surface area contributed by atoms with Crippen molar-refractivity contribution in [3.8, 4) is 0 Å². The highest BCUT2D eigenvalue weighted by Gasteiger charge is 2.16. The van der Waals surface area contributed by atoms with Crippen molar-refractivity contribution < 1.29 is 18.3 Å². The van der Waals surface area contributed by atoms with Crippen molar-refractivity contribution in [2.45, 2.75) is 9.79 Å². The quantitative estimate of drug-likeness (QED) is 0.587. The summed E-state index contributed by atoms with van der Waals surface area (Å²) in [7, 11) is -5.05. The fourth-order valence-corrected chi connectivity index (χ4v) is 4.61. The molecule has 0 aromatic heterocycles. The number of hydrogen-bond acceptors (Lipinski definition) is 6. The van der Waals surface area contributed by atoms with Crippen molar-refractivity contribution in [2.75, 3.05) is 6.26 Å². The first kappa shape index (κ1) is 17.7. The first-order valence-electron chi connectivity index (χ1n) is 6.34. The van der Waals surface area contributed by atoms with Crippen molar-refractivity contribution in [1.29, 1.82) is 0 Å². The Morgan fingerprint density at radius 1 is 0.875 bits per heavy atom. The van der Waals surface area contributed by atoms with Crippen LogP contribution in [0.5, 0.6) is 0 Å². The summed E-state index contributed by atoms with van der Waals surface area (Å²) in [5, 5.41) is 21.2. The van der Waals surface area contributed by atoms with Crippen molar-refractivity contribution >= 4 is 32.1 Å². The molecule has 0 spiro atoms. The van der Waals surface area contributed by atoms with Gasteiger partial charge >= 0.3 is 0 Å². The molecular formula is C13H11N3O6S2. The Hall–Kier alpha value is -2.66. The van der Waals surface area contributed by atoms with E-state index < -0.39 is 30.6 Å². The zero-order chi connectivity index (χ0) is 17.9. The molecule has 24 heavy (non-hydrogen) atoms. The monoisotopic (exact) mass is 369 g/mol. The third-order valence-electron chi connectivity index (χ3n) is 2.94. The van der Waals surface area contributed by atoms with E-state index in [1.54, 1.807) is 6.26 Å². The molecule has 0 aliphatic heterocycles. The van der Waals surface area contributed by atoms with Gasteiger partial charge < -0.3 is 0 Å². The van der Waals surface area contributed by atoms with Gasteiger partial charge in [-0.15, -0.1) is 3.77 Å². The third kappa shape index (κ3) is 4.00. The molecular weight excluding hydrogens is 358 g/mol. The van der Waals surface area contributed by atoms with E-state index >= 15 is 0 Å². The number of nitro groups is 2. The Kier molecular flexibility index (Phi) is 5.04. The largest absolute Gasteiger partial charge is 0.288 e. The summed E-state index contributed by atoms with van der Waals surface area (Å²) in [5.74, 6) is 0. The first-order chi connectivity index (χ1) is 11.2. The fourth-order valence-electron chi connectivity index (χ4n) is 1.74. The van der Waals surface area contributed by atoms with E-state index in [1.165, 1.54) is 24.3 Å². The highest BCUT2D eigenvalue weighted by atomic mass is 32.3. The van der Waals surface area contributed by atoms with Gasteiger partial charge in [0.15, 0.2) is 0 Å². The number of nitro benzene ring substituents is 2. The van der Waals surface area contributed by atoms with E-state index in [0.29, 0.717) is 4.90 Å². The van der Waals surface area contributed by atoms with Gasteiger partial charge in [-0.1, -0.05) is 10.7 Å². The molecule has 0 saturated heterocycles. The number of non-ortho nitro benzene ring substituents is 2. The minimum atomic E-state index is -4.00. The minimum absolute atomic E-state index is 0.103. The lowest BCUT2D eigenvalue weighted by atomic mass is 10.3. The van der Waals surface area contributed by atoms with Crippen LogP contribution >= 0.6 is 0 Å². The van der Waals surface area contributed by atoms with E-state index in [1.807, 2.05) is 0 Å². The third-order valence-corrected chi connectivity index (χ3v) is 6.45. The molecule has 0 fully saturated rings. The number of nitrogens with zero attached hydrogens (tertiary/aromatic N) is 3. The van der Waals surface area contributed by atoms with Crippen LogP contribution in [0.1, 0.15) is 0 Å². The molecule has 1 atom stereocenters. The van der Waals surface area contributed by atoms with E-state index in [0.717, 1.165) is 24.3 Å². The molecule has 126 valence electrons. The van der Waals surface area contributed by atoms with Gasteiger partial charge in [0.05, 0.1) is 14.7 Å². The summed E-state index contributed by atoms with van der Waals surface area (Å²) in [5.41, 5.74) is -0.325. The summed E-state index contributed by atoms with van der Waals surface area (Å²) in [6.07, 6.45) is 1.56. The summed E-state index contributed by atoms with van der Waals surface area (Å²) in [4.78, 5) is 20.4. The SMILES string of the molecule is C[S@](=NS(=O)(=O)c1ccc([N+](=O)[O-])cc1)c1ccc([N+](=O)[O-])cc1. The highest BCUT2D eigenvalue weighted by molar-refractivity contribution is 7.99. The Labute approximate surface area is 139 Å². The summed E-state index contributed by atoms with van der Waals surface area (Å²) < 4.78 is 28.2. The van der Waals surface area contributed by atoms with E-state index in [2.05, 4.69) is 3.77 Å². The molecule has 0 aliphatic carbocycles. The molecule has 0 amide bonds. The molecule has 0 bridgehead atoms. The number of sulfonamides is 1. The topological polar surface area (TPSA) is 133 Å². The second-order valence-electron chi connectivity index (χ2n) is 4.53. The fraction of sp³-hybridized carbons (Fsp3) is 0.0769. The van der Waals surface area contributed by atoms with Crippen molar-refractivity contribution in [1.82, 2.24) is 0 Å². The molecule has 0 unspecified atom stereocenters. The van der Waals surface area contributed by atoms with E-state index in [-0.39, 0.29) is 16.3 Å². The van der Waals surface area contributed by atoms with E-state index in [4.69, 9.17) is 0 Å². The summed E-state index contributed by atoms with van der Waals surface area (Å²) in [6, 6.07) is 9.82. The maximum absolute atomic E-state index is 12.2. The number of hydrogen-bond donors (Lipinski definition) is 0. The standard InChI is InChI=1S/C13H11N3O6S2/c1-23(12-6-2-10(3-7-12)15(17)18)14-24(21,22)13-8-4-11(5-9-13)16(19)20/h2-9H,1H3/t23-/m0/s1. The summed E-state index contributed by atoms with van der Waals surface area (Å²) >= 11 is 0. The molecule has 0 radical (unpaired) electrons. The van der Waals surface area contributed by atoms with Gasteiger partial charge in [-0.25, -0.2) is 0 Å². The molecule has 0 saturated carbocycles. The lowest BCUT2D eigenvalue weighted by Gasteiger charge is -2.03. The van der Waals surface area contributed by atoms with Crippen LogP contribution in [-0.4, -0.2) is 24.5 Å². The zero-order valence-corrected chi connectivity index (χ0v) is 13.9. The van der Waals surface area contributed by atoms with Crippen LogP contribution < -0.4 is 0 Å². The van der Waals surface area contributed by atoms with Crippen LogP contribution in [0.15, 0.2) is 62.1 Å². The van der Waals surface area contributed by atoms with Gasteiger partial charge in [-0.05, 0) is 30.5 Å². The Bertz CT molecular complexity index is 921. The number of rotatable bonds is 5. The van der Waals surface area contributed by atoms with Crippen molar-refractivity contribution in [3.05, 3.63) is 68.8 Å². The van der Waals surface area contributed by atoms with Crippen molar-refractivity contribution in [3.63, 3.8) is 0 Å². The van der Waals surface area contributed by atoms with Crippen LogP contribution in [0.2, 0.25) is 0 Å². The van der Waals surface area contributed by atoms with Crippen LogP contribution in [0, 0.1) is 20.2 Å². The lowest BCUT2D eigenvalue weighted by molar-refractivity contribution is -0.385. The van der Waals surface area contributed by atoms with Crippen LogP contribution in [0.3, 0.4) is 0 Å². The van der Waals surface area contributed by atoms with E-state index in [9.17, 15) is 28.6 Å². The maximum atomic E-state index is 12.2. The molecule has 2 aromatic carbocycles. The van der Waals surface area contributed by atoms with Gasteiger partial charge in [0, 0.05) is 29.2 Å². The second kappa shape index (κ2) is 6.84. The van der Waals surface area contributed by atoms with Gasteiger partial charge in [0.25, 0.3) is 21.4 Å². The second-order valence-corrected chi connectivity index (χ2v) is 7.97. The van der Waals surface area contributed by atoms with Gasteiger partial charge in [0.1, 0.15) is 0 Å². The normalized spacial score (nSPS) is 12.7.